The lowest BCUT2D eigenvalue weighted by molar-refractivity contribution is -0.384. The number of carbonyl (C=O) groups is 1. The Morgan fingerprint density at radius 1 is 1.17 bits per heavy atom. The SMILES string of the molecule is O=C(N/N=C/c1ccc2cccnc2c1)c1cccc([N+](=O)[O-])c1. The van der Waals surface area contributed by atoms with Crippen LogP contribution >= 0.6 is 0 Å². The minimum atomic E-state index is -0.553. The molecule has 0 spiro atoms. The molecule has 1 aromatic heterocycles. The molecule has 0 atom stereocenters. The average molecular weight is 320 g/mol. The number of fused-ring (bicyclic) bond motifs is 1. The minimum Gasteiger partial charge on any atom is -0.267 e. The quantitative estimate of drug-likeness (QED) is 0.454. The molecule has 0 unspecified atom stereocenters. The number of nitrogens with zero attached hydrogens (tertiary/aromatic N) is 3. The van der Waals surface area contributed by atoms with Gasteiger partial charge in [0.1, 0.15) is 0 Å². The second-order valence-electron chi connectivity index (χ2n) is 4.96. The number of nitrogens with one attached hydrogen (secondary N) is 1. The van der Waals surface area contributed by atoms with Crippen LogP contribution < -0.4 is 5.43 Å². The van der Waals surface area contributed by atoms with Crippen molar-refractivity contribution in [3.63, 3.8) is 0 Å². The van der Waals surface area contributed by atoms with Gasteiger partial charge < -0.3 is 0 Å². The smallest absolute Gasteiger partial charge is 0.267 e. The molecule has 0 saturated carbocycles. The minimum absolute atomic E-state index is 0.146. The number of non-ortho nitro benzene ring substituents is 1. The monoisotopic (exact) mass is 320 g/mol. The van der Waals surface area contributed by atoms with Gasteiger partial charge in [-0.25, -0.2) is 5.43 Å². The highest BCUT2D eigenvalue weighted by Crippen LogP contribution is 2.13. The molecule has 2 aromatic carbocycles. The molecule has 118 valence electrons. The van der Waals surface area contributed by atoms with Crippen LogP contribution in [0.25, 0.3) is 10.9 Å². The molecule has 3 rings (SSSR count). The van der Waals surface area contributed by atoms with Crippen molar-refractivity contribution in [1.82, 2.24) is 10.4 Å². The maximum Gasteiger partial charge on any atom is 0.271 e. The van der Waals surface area contributed by atoms with Crippen molar-refractivity contribution in [3.8, 4) is 0 Å². The standard InChI is InChI=1S/C17H12N4O3/c22-17(14-3-1-5-15(10-14)21(23)24)20-19-11-12-6-7-13-4-2-8-18-16(13)9-12/h1-11H,(H,20,22)/b19-11+. The van der Waals surface area contributed by atoms with Crippen molar-refractivity contribution >= 4 is 28.7 Å². The van der Waals surface area contributed by atoms with Crippen LogP contribution in [0.5, 0.6) is 0 Å². The number of pyridine rings is 1. The van der Waals surface area contributed by atoms with Crippen LogP contribution in [0.1, 0.15) is 15.9 Å². The number of nitro benzene ring substituents is 1. The highest BCUT2D eigenvalue weighted by Gasteiger charge is 2.10. The van der Waals surface area contributed by atoms with Crippen molar-refractivity contribution in [2.24, 2.45) is 5.10 Å². The molecule has 7 heteroatoms. The summed E-state index contributed by atoms with van der Waals surface area (Å²) < 4.78 is 0. The number of hydrazone groups is 1. The van der Waals surface area contributed by atoms with Gasteiger partial charge in [-0.3, -0.25) is 19.9 Å². The van der Waals surface area contributed by atoms with Gasteiger partial charge in [-0.15, -0.1) is 0 Å². The van der Waals surface area contributed by atoms with Crippen molar-refractivity contribution in [3.05, 3.63) is 82.0 Å². The summed E-state index contributed by atoms with van der Waals surface area (Å²) >= 11 is 0. The Morgan fingerprint density at radius 2 is 2.04 bits per heavy atom. The number of hydrogen-bond acceptors (Lipinski definition) is 5. The molecule has 0 radical (unpaired) electrons. The molecule has 1 amide bonds. The molecular formula is C17H12N4O3. The molecule has 1 N–H and O–H groups in total. The number of nitro groups is 1. The summed E-state index contributed by atoms with van der Waals surface area (Å²) in [5.41, 5.74) is 3.97. The summed E-state index contributed by atoms with van der Waals surface area (Å²) in [5.74, 6) is -0.520. The van der Waals surface area contributed by atoms with Gasteiger partial charge in [0.15, 0.2) is 0 Å². The lowest BCUT2D eigenvalue weighted by Gasteiger charge is -2.00. The van der Waals surface area contributed by atoms with Crippen molar-refractivity contribution in [1.29, 1.82) is 0 Å². The van der Waals surface area contributed by atoms with Crippen molar-refractivity contribution in [2.75, 3.05) is 0 Å². The van der Waals surface area contributed by atoms with Gasteiger partial charge in [0.25, 0.3) is 11.6 Å². The van der Waals surface area contributed by atoms with E-state index in [1.807, 2.05) is 30.3 Å². The van der Waals surface area contributed by atoms with E-state index in [0.29, 0.717) is 0 Å². The molecule has 0 aliphatic rings. The van der Waals surface area contributed by atoms with E-state index in [4.69, 9.17) is 0 Å². The third-order valence-corrected chi connectivity index (χ3v) is 3.33. The van der Waals surface area contributed by atoms with Crippen LogP contribution in [0.15, 0.2) is 65.9 Å². The van der Waals surface area contributed by atoms with E-state index < -0.39 is 10.8 Å². The topological polar surface area (TPSA) is 97.5 Å². The van der Waals surface area contributed by atoms with E-state index in [0.717, 1.165) is 16.5 Å². The predicted octanol–water partition coefficient (Wildman–Crippen LogP) is 2.91. The lowest BCUT2D eigenvalue weighted by atomic mass is 10.1. The zero-order chi connectivity index (χ0) is 16.9. The maximum absolute atomic E-state index is 12.0. The van der Waals surface area contributed by atoms with Crippen LogP contribution in [0.4, 0.5) is 5.69 Å². The highest BCUT2D eigenvalue weighted by atomic mass is 16.6. The second-order valence-corrected chi connectivity index (χ2v) is 4.96. The first-order valence-electron chi connectivity index (χ1n) is 7.06. The predicted molar refractivity (Wildman–Crippen MR) is 89.9 cm³/mol. The van der Waals surface area contributed by atoms with Crippen LogP contribution in [-0.2, 0) is 0 Å². The fourth-order valence-electron chi connectivity index (χ4n) is 2.15. The molecule has 0 bridgehead atoms. The summed E-state index contributed by atoms with van der Waals surface area (Å²) in [5, 5.41) is 15.6. The normalized spacial score (nSPS) is 10.8. The van der Waals surface area contributed by atoms with Gasteiger partial charge in [0.2, 0.25) is 0 Å². The van der Waals surface area contributed by atoms with Crippen molar-refractivity contribution < 1.29 is 9.72 Å². The van der Waals surface area contributed by atoms with E-state index in [-0.39, 0.29) is 11.3 Å². The maximum atomic E-state index is 12.0. The Morgan fingerprint density at radius 3 is 2.88 bits per heavy atom. The fourth-order valence-corrected chi connectivity index (χ4v) is 2.15. The number of rotatable bonds is 4. The first-order chi connectivity index (χ1) is 11.6. The average Bonchev–Trinajstić information content (AvgIpc) is 2.61. The second kappa shape index (κ2) is 6.66. The molecule has 1 heterocycles. The van der Waals surface area contributed by atoms with E-state index in [2.05, 4.69) is 15.5 Å². The van der Waals surface area contributed by atoms with Gasteiger partial charge in [-0.2, -0.15) is 5.10 Å². The van der Waals surface area contributed by atoms with Gasteiger partial charge in [0.05, 0.1) is 16.7 Å². The Labute approximate surface area is 136 Å². The van der Waals surface area contributed by atoms with E-state index in [1.165, 1.54) is 30.5 Å². The molecule has 24 heavy (non-hydrogen) atoms. The fraction of sp³-hybridized carbons (Fsp3) is 0. The first-order valence-corrected chi connectivity index (χ1v) is 7.06. The lowest BCUT2D eigenvalue weighted by Crippen LogP contribution is -2.17. The first kappa shape index (κ1) is 15.3. The Hall–Kier alpha value is -3.61. The molecule has 3 aromatic rings. The molecule has 0 fully saturated rings. The van der Waals surface area contributed by atoms with Crippen LogP contribution in [0.2, 0.25) is 0 Å². The van der Waals surface area contributed by atoms with E-state index in [1.54, 1.807) is 6.20 Å². The number of benzene rings is 2. The third kappa shape index (κ3) is 3.41. The zero-order valence-corrected chi connectivity index (χ0v) is 12.4. The van der Waals surface area contributed by atoms with Crippen LogP contribution in [0, 0.1) is 10.1 Å². The van der Waals surface area contributed by atoms with Gasteiger partial charge in [-0.05, 0) is 23.8 Å². The molecule has 0 aliphatic carbocycles. The highest BCUT2D eigenvalue weighted by molar-refractivity contribution is 5.95. The Balaban J connectivity index is 1.71. The van der Waals surface area contributed by atoms with Crippen LogP contribution in [0.3, 0.4) is 0 Å². The van der Waals surface area contributed by atoms with Gasteiger partial charge >= 0.3 is 0 Å². The largest absolute Gasteiger partial charge is 0.271 e. The summed E-state index contributed by atoms with van der Waals surface area (Å²) in [6.07, 6.45) is 3.19. The van der Waals surface area contributed by atoms with Gasteiger partial charge in [-0.1, -0.05) is 24.3 Å². The number of hydrogen-bond donors (Lipinski definition) is 1. The van der Waals surface area contributed by atoms with E-state index in [9.17, 15) is 14.9 Å². The van der Waals surface area contributed by atoms with Crippen molar-refractivity contribution in [2.45, 2.75) is 0 Å². The van der Waals surface area contributed by atoms with Gasteiger partial charge in [0, 0.05) is 29.3 Å². The molecule has 0 aliphatic heterocycles. The van der Waals surface area contributed by atoms with E-state index >= 15 is 0 Å². The molecule has 0 saturated heterocycles. The number of carbonyl (C=O) groups excluding carboxylic acids is 1. The summed E-state index contributed by atoms with van der Waals surface area (Å²) in [4.78, 5) is 26.4. The summed E-state index contributed by atoms with van der Waals surface area (Å²) in [6, 6.07) is 14.9. The summed E-state index contributed by atoms with van der Waals surface area (Å²) in [7, 11) is 0. The molecule has 7 nitrogen and oxygen atoms in total. The third-order valence-electron chi connectivity index (χ3n) is 3.33. The number of aromatic nitrogens is 1. The Kier molecular flexibility index (Phi) is 4.24. The summed E-state index contributed by atoms with van der Waals surface area (Å²) in [6.45, 7) is 0. The zero-order valence-electron chi connectivity index (χ0n) is 12.4. The Bertz CT molecular complexity index is 953. The molecular weight excluding hydrogens is 308 g/mol. The number of amides is 1. The van der Waals surface area contributed by atoms with Crippen LogP contribution in [-0.4, -0.2) is 22.0 Å².